The summed E-state index contributed by atoms with van der Waals surface area (Å²) in [5.41, 5.74) is -0.251. The summed E-state index contributed by atoms with van der Waals surface area (Å²) in [6.07, 6.45) is 0.576. The van der Waals surface area contributed by atoms with Crippen molar-refractivity contribution in [1.29, 1.82) is 0 Å². The van der Waals surface area contributed by atoms with Crippen LogP contribution in [-0.4, -0.2) is 21.2 Å². The van der Waals surface area contributed by atoms with Crippen LogP contribution < -0.4 is 4.74 Å². The number of nitrogens with zero attached hydrogens (tertiary/aromatic N) is 2. The molecule has 1 heterocycles. The Bertz CT molecular complexity index is 597. The fourth-order valence-electron chi connectivity index (χ4n) is 1.45. The van der Waals surface area contributed by atoms with E-state index in [2.05, 4.69) is 10.1 Å². The molecule has 7 heteroatoms. The normalized spacial score (nSPS) is 10.4. The molecule has 0 unspecified atom stereocenters. The summed E-state index contributed by atoms with van der Waals surface area (Å²) in [5, 5.41) is 12.6. The first kappa shape index (κ1) is 13.0. The van der Waals surface area contributed by atoms with Crippen LogP contribution in [-0.2, 0) is 13.0 Å². The second-order valence-corrected chi connectivity index (χ2v) is 3.67. The molecular formula is C12H11FN2O4. The fraction of sp³-hybridized carbons (Fsp3) is 0.250. The average Bonchev–Trinajstić information content (AvgIpc) is 2.85. The second-order valence-electron chi connectivity index (χ2n) is 3.67. The first-order valence-corrected chi connectivity index (χ1v) is 5.58. The minimum Gasteiger partial charge on any atom is -0.481 e. The van der Waals surface area contributed by atoms with Gasteiger partial charge in [-0.3, -0.25) is 0 Å². The van der Waals surface area contributed by atoms with Gasteiger partial charge >= 0.3 is 5.97 Å². The maximum Gasteiger partial charge on any atom is 0.339 e. The van der Waals surface area contributed by atoms with Crippen molar-refractivity contribution in [1.82, 2.24) is 10.1 Å². The molecule has 0 fully saturated rings. The molecule has 0 bridgehead atoms. The van der Waals surface area contributed by atoms with Gasteiger partial charge in [-0.15, -0.1) is 0 Å². The lowest BCUT2D eigenvalue weighted by molar-refractivity contribution is 0.0690. The molecule has 6 nitrogen and oxygen atoms in total. The van der Waals surface area contributed by atoms with E-state index in [9.17, 15) is 9.18 Å². The van der Waals surface area contributed by atoms with Gasteiger partial charge in [0.15, 0.2) is 18.2 Å². The predicted octanol–water partition coefficient (Wildman–Crippen LogP) is 2.05. The van der Waals surface area contributed by atoms with E-state index in [4.69, 9.17) is 14.4 Å². The number of carboxylic acid groups (broad SMARTS) is 1. The molecule has 0 spiro atoms. The van der Waals surface area contributed by atoms with Gasteiger partial charge in [-0.25, -0.2) is 9.18 Å². The number of aromatic carboxylic acids is 1. The van der Waals surface area contributed by atoms with E-state index >= 15 is 0 Å². The predicted molar refractivity (Wildman–Crippen MR) is 61.4 cm³/mol. The summed E-state index contributed by atoms with van der Waals surface area (Å²) in [6.45, 7) is 1.68. The van der Waals surface area contributed by atoms with E-state index in [1.165, 1.54) is 12.1 Å². The summed E-state index contributed by atoms with van der Waals surface area (Å²) in [7, 11) is 0. The third-order valence-corrected chi connectivity index (χ3v) is 2.36. The third kappa shape index (κ3) is 2.87. The lowest BCUT2D eigenvalue weighted by atomic mass is 10.2. The van der Waals surface area contributed by atoms with Crippen molar-refractivity contribution in [3.63, 3.8) is 0 Å². The van der Waals surface area contributed by atoms with Crippen LogP contribution in [0.3, 0.4) is 0 Å². The molecule has 0 aliphatic carbocycles. The van der Waals surface area contributed by atoms with E-state index in [1.807, 2.05) is 6.92 Å². The van der Waals surface area contributed by atoms with Crippen molar-refractivity contribution in [2.45, 2.75) is 20.0 Å². The standard InChI is InChI=1S/C12H11FN2O4/c1-2-10-14-9(15-19-10)6-18-11-7(12(16)17)4-3-5-8(11)13/h3-5H,2,6H2,1H3,(H,16,17). The zero-order valence-corrected chi connectivity index (χ0v) is 10.1. The highest BCUT2D eigenvalue weighted by Crippen LogP contribution is 2.23. The van der Waals surface area contributed by atoms with E-state index < -0.39 is 11.8 Å². The molecule has 1 N–H and O–H groups in total. The van der Waals surface area contributed by atoms with Crippen molar-refractivity contribution in [3.8, 4) is 5.75 Å². The monoisotopic (exact) mass is 266 g/mol. The van der Waals surface area contributed by atoms with Crippen molar-refractivity contribution < 1.29 is 23.6 Å². The molecule has 1 aromatic carbocycles. The van der Waals surface area contributed by atoms with Crippen molar-refractivity contribution in [3.05, 3.63) is 41.3 Å². The Morgan fingerprint density at radius 3 is 2.95 bits per heavy atom. The number of carboxylic acids is 1. The van der Waals surface area contributed by atoms with Crippen molar-refractivity contribution >= 4 is 5.97 Å². The topological polar surface area (TPSA) is 85.5 Å². The van der Waals surface area contributed by atoms with E-state index in [1.54, 1.807) is 0 Å². The molecule has 0 radical (unpaired) electrons. The number of ether oxygens (including phenoxy) is 1. The van der Waals surface area contributed by atoms with Crippen LogP contribution >= 0.6 is 0 Å². The molecule has 0 saturated heterocycles. The average molecular weight is 266 g/mol. The molecule has 2 rings (SSSR count). The molecular weight excluding hydrogens is 255 g/mol. The van der Waals surface area contributed by atoms with Crippen LogP contribution in [0.25, 0.3) is 0 Å². The minimum absolute atomic E-state index is 0.162. The van der Waals surface area contributed by atoms with Crippen molar-refractivity contribution in [2.24, 2.45) is 0 Å². The SMILES string of the molecule is CCc1nc(COc2c(F)cccc2C(=O)O)no1. The Morgan fingerprint density at radius 1 is 1.53 bits per heavy atom. The van der Waals surface area contributed by atoms with Crippen LogP contribution in [0.5, 0.6) is 5.75 Å². The number of rotatable bonds is 5. The highest BCUT2D eigenvalue weighted by Gasteiger charge is 2.16. The molecule has 1 aromatic heterocycles. The molecule has 2 aromatic rings. The van der Waals surface area contributed by atoms with Gasteiger partial charge < -0.3 is 14.4 Å². The van der Waals surface area contributed by atoms with E-state index in [0.717, 1.165) is 6.07 Å². The maximum absolute atomic E-state index is 13.5. The zero-order valence-electron chi connectivity index (χ0n) is 10.1. The first-order valence-electron chi connectivity index (χ1n) is 5.58. The van der Waals surface area contributed by atoms with Crippen LogP contribution in [0.2, 0.25) is 0 Å². The Morgan fingerprint density at radius 2 is 2.32 bits per heavy atom. The number of hydrogen-bond donors (Lipinski definition) is 1. The summed E-state index contributed by atoms with van der Waals surface area (Å²) in [5.74, 6) is -1.68. The van der Waals surface area contributed by atoms with Gasteiger partial charge in [-0.2, -0.15) is 4.98 Å². The number of para-hydroxylation sites is 1. The molecule has 0 aliphatic heterocycles. The van der Waals surface area contributed by atoms with Gasteiger partial charge in [-0.1, -0.05) is 18.1 Å². The number of benzene rings is 1. The van der Waals surface area contributed by atoms with Gasteiger partial charge in [0.05, 0.1) is 0 Å². The molecule has 0 saturated carbocycles. The molecule has 0 atom stereocenters. The van der Waals surface area contributed by atoms with Crippen molar-refractivity contribution in [2.75, 3.05) is 0 Å². The highest BCUT2D eigenvalue weighted by molar-refractivity contribution is 5.90. The van der Waals surface area contributed by atoms with Crippen LogP contribution in [0.1, 0.15) is 29.0 Å². The van der Waals surface area contributed by atoms with Gasteiger partial charge in [-0.05, 0) is 12.1 Å². The third-order valence-electron chi connectivity index (χ3n) is 2.36. The van der Waals surface area contributed by atoms with Gasteiger partial charge in [0.1, 0.15) is 5.56 Å². The second kappa shape index (κ2) is 5.47. The number of hydrogen-bond acceptors (Lipinski definition) is 5. The molecule has 100 valence electrons. The van der Waals surface area contributed by atoms with Gasteiger partial charge in [0, 0.05) is 6.42 Å². The maximum atomic E-state index is 13.5. The number of halogens is 1. The van der Waals surface area contributed by atoms with E-state index in [-0.39, 0.29) is 23.7 Å². The van der Waals surface area contributed by atoms with Crippen LogP contribution in [0.4, 0.5) is 4.39 Å². The molecule has 19 heavy (non-hydrogen) atoms. The molecule has 0 amide bonds. The van der Waals surface area contributed by atoms with Gasteiger partial charge in [0.2, 0.25) is 11.7 Å². The lowest BCUT2D eigenvalue weighted by Gasteiger charge is -2.07. The number of carbonyl (C=O) groups is 1. The highest BCUT2D eigenvalue weighted by atomic mass is 19.1. The lowest BCUT2D eigenvalue weighted by Crippen LogP contribution is -2.06. The summed E-state index contributed by atoms with van der Waals surface area (Å²) in [4.78, 5) is 14.9. The van der Waals surface area contributed by atoms with Gasteiger partial charge in [0.25, 0.3) is 0 Å². The zero-order chi connectivity index (χ0) is 13.8. The number of aryl methyl sites for hydroxylation is 1. The largest absolute Gasteiger partial charge is 0.481 e. The summed E-state index contributed by atoms with van der Waals surface area (Å²) >= 11 is 0. The quantitative estimate of drug-likeness (QED) is 0.891. The Kier molecular flexibility index (Phi) is 3.74. The Balaban J connectivity index is 2.17. The Hall–Kier alpha value is -2.44. The molecule has 0 aliphatic rings. The summed E-state index contributed by atoms with van der Waals surface area (Å²) in [6, 6.07) is 3.68. The summed E-state index contributed by atoms with van der Waals surface area (Å²) < 4.78 is 23.5. The smallest absolute Gasteiger partial charge is 0.339 e. The minimum atomic E-state index is -1.27. The first-order chi connectivity index (χ1) is 9.11. The Labute approximate surface area is 107 Å². The number of aromatic nitrogens is 2. The van der Waals surface area contributed by atoms with Crippen LogP contribution in [0.15, 0.2) is 22.7 Å². The fourth-order valence-corrected chi connectivity index (χ4v) is 1.45. The van der Waals surface area contributed by atoms with E-state index in [0.29, 0.717) is 12.3 Å². The van der Waals surface area contributed by atoms with Crippen LogP contribution in [0, 0.1) is 5.82 Å².